The Bertz CT molecular complexity index is 512. The van der Waals surface area contributed by atoms with Crippen molar-refractivity contribution in [3.8, 4) is 0 Å². The van der Waals surface area contributed by atoms with Crippen molar-refractivity contribution >= 4 is 39.7 Å². The summed E-state index contributed by atoms with van der Waals surface area (Å²) in [5.41, 5.74) is -0.655. The molecule has 23 heavy (non-hydrogen) atoms. The zero-order chi connectivity index (χ0) is 16.5. The first-order valence-electron chi connectivity index (χ1n) is 8.38. The van der Waals surface area contributed by atoms with E-state index in [4.69, 9.17) is 4.18 Å². The average molecular weight is 350 g/mol. The number of benzene rings is 1. The molecule has 0 spiro atoms. The van der Waals surface area contributed by atoms with Crippen molar-refractivity contribution in [1.29, 1.82) is 0 Å². The summed E-state index contributed by atoms with van der Waals surface area (Å²) in [6, 6.07) is 8.35. The van der Waals surface area contributed by atoms with E-state index in [1.165, 1.54) is 32.1 Å². The Balaban J connectivity index is 0.00000484. The third-order valence-corrected chi connectivity index (χ3v) is 5.27. The van der Waals surface area contributed by atoms with Crippen LogP contribution in [0.2, 0.25) is 0 Å². The van der Waals surface area contributed by atoms with E-state index in [0.29, 0.717) is 0 Å². The Hall–Kier alpha value is 0.130. The fraction of sp³-hybridized carbons (Fsp3) is 0.667. The van der Waals surface area contributed by atoms with E-state index in [1.54, 1.807) is 30.3 Å². The maximum atomic E-state index is 12.2. The topological polar surface area (TPSA) is 43.4 Å². The SMILES string of the molecule is CCCCCCCCCC(C)(C)OS(=O)(=O)c1ccccc1.[NaH]. The second-order valence-electron chi connectivity index (χ2n) is 6.48. The molecule has 1 rings (SSSR count). The Morgan fingerprint density at radius 3 is 2.00 bits per heavy atom. The molecule has 5 heteroatoms. The van der Waals surface area contributed by atoms with Gasteiger partial charge in [-0.15, -0.1) is 0 Å². The first-order valence-corrected chi connectivity index (χ1v) is 9.79. The third kappa shape index (κ3) is 9.88. The molecule has 1 aromatic carbocycles. The van der Waals surface area contributed by atoms with E-state index in [9.17, 15) is 8.42 Å². The quantitative estimate of drug-likeness (QED) is 0.331. The summed E-state index contributed by atoms with van der Waals surface area (Å²) in [5, 5.41) is 0. The molecule has 0 bridgehead atoms. The van der Waals surface area contributed by atoms with Crippen molar-refractivity contribution in [2.45, 2.75) is 82.6 Å². The predicted octanol–water partition coefficient (Wildman–Crippen LogP) is 4.66. The summed E-state index contributed by atoms with van der Waals surface area (Å²) in [6.45, 7) is 5.92. The van der Waals surface area contributed by atoms with Gasteiger partial charge in [-0.2, -0.15) is 8.42 Å². The first-order chi connectivity index (χ1) is 10.4. The summed E-state index contributed by atoms with van der Waals surface area (Å²) in [4.78, 5) is 0.225. The molecule has 0 atom stereocenters. The van der Waals surface area contributed by atoms with E-state index in [2.05, 4.69) is 6.92 Å². The van der Waals surface area contributed by atoms with Crippen molar-refractivity contribution in [3.63, 3.8) is 0 Å². The van der Waals surface area contributed by atoms with E-state index in [-0.39, 0.29) is 34.5 Å². The predicted molar refractivity (Wildman–Crippen MR) is 98.6 cm³/mol. The fourth-order valence-electron chi connectivity index (χ4n) is 2.48. The van der Waals surface area contributed by atoms with E-state index >= 15 is 0 Å². The Morgan fingerprint density at radius 1 is 0.913 bits per heavy atom. The standard InChI is InChI=1S/C18H30O3S.Na.H/c1-4-5-6-7-8-9-13-16-18(2,3)21-22(19,20)17-14-11-10-12-15-17;;/h10-12,14-15H,4-9,13,16H2,1-3H3;;. The van der Waals surface area contributed by atoms with Crippen LogP contribution >= 0.6 is 0 Å². The number of rotatable bonds is 11. The summed E-state index contributed by atoms with van der Waals surface area (Å²) in [5.74, 6) is 0. The molecule has 1 aromatic rings. The van der Waals surface area contributed by atoms with Gasteiger partial charge in [0.2, 0.25) is 0 Å². The molecule has 3 nitrogen and oxygen atoms in total. The van der Waals surface area contributed by atoms with Crippen LogP contribution in [0.5, 0.6) is 0 Å². The molecule has 0 fully saturated rings. The van der Waals surface area contributed by atoms with Crippen molar-refractivity contribution in [3.05, 3.63) is 30.3 Å². The van der Waals surface area contributed by atoms with Crippen LogP contribution in [0.15, 0.2) is 35.2 Å². The molecule has 0 saturated heterocycles. The summed E-state index contributed by atoms with van der Waals surface area (Å²) < 4.78 is 29.9. The van der Waals surface area contributed by atoms with Crippen LogP contribution in [0, 0.1) is 0 Å². The fourth-order valence-corrected chi connectivity index (χ4v) is 3.75. The van der Waals surface area contributed by atoms with Crippen LogP contribution in [0.1, 0.15) is 72.1 Å². The number of unbranched alkanes of at least 4 members (excludes halogenated alkanes) is 6. The van der Waals surface area contributed by atoms with Gasteiger partial charge >= 0.3 is 29.6 Å². The molecular formula is C18H31NaO3S. The second-order valence-corrected chi connectivity index (χ2v) is 8.03. The van der Waals surface area contributed by atoms with Gasteiger partial charge in [0, 0.05) is 0 Å². The van der Waals surface area contributed by atoms with E-state index < -0.39 is 15.7 Å². The maximum absolute atomic E-state index is 12.2. The van der Waals surface area contributed by atoms with Gasteiger partial charge in [0.05, 0.1) is 10.5 Å². The molecule has 0 aliphatic heterocycles. The molecule has 0 N–H and O–H groups in total. The Labute approximate surface area is 164 Å². The molecule has 0 heterocycles. The molecule has 0 unspecified atom stereocenters. The van der Waals surface area contributed by atoms with Crippen LogP contribution < -0.4 is 0 Å². The molecule has 0 aliphatic rings. The molecule has 0 radical (unpaired) electrons. The molecule has 128 valence electrons. The summed E-state index contributed by atoms with van der Waals surface area (Å²) >= 11 is 0. The molecular weight excluding hydrogens is 319 g/mol. The van der Waals surface area contributed by atoms with Crippen LogP contribution in [-0.4, -0.2) is 43.6 Å². The van der Waals surface area contributed by atoms with Crippen LogP contribution in [-0.2, 0) is 14.3 Å². The molecule has 0 saturated carbocycles. The first kappa shape index (κ1) is 23.1. The van der Waals surface area contributed by atoms with E-state index in [1.807, 2.05) is 13.8 Å². The molecule has 0 aliphatic carbocycles. The van der Waals surface area contributed by atoms with Crippen molar-refractivity contribution in [1.82, 2.24) is 0 Å². The third-order valence-electron chi connectivity index (χ3n) is 3.75. The Morgan fingerprint density at radius 2 is 1.43 bits per heavy atom. The normalized spacial score (nSPS) is 12.0. The summed E-state index contributed by atoms with van der Waals surface area (Å²) in [6.07, 6.45) is 9.28. The van der Waals surface area contributed by atoms with Gasteiger partial charge in [-0.3, -0.25) is 4.18 Å². The minimum atomic E-state index is -3.67. The molecule has 0 amide bonds. The van der Waals surface area contributed by atoms with Gasteiger partial charge < -0.3 is 0 Å². The van der Waals surface area contributed by atoms with Crippen molar-refractivity contribution < 1.29 is 12.6 Å². The van der Waals surface area contributed by atoms with Crippen LogP contribution in [0.4, 0.5) is 0 Å². The van der Waals surface area contributed by atoms with Crippen LogP contribution in [0.25, 0.3) is 0 Å². The second kappa shape index (κ2) is 11.6. The van der Waals surface area contributed by atoms with Gasteiger partial charge in [0.15, 0.2) is 0 Å². The summed E-state index contributed by atoms with van der Waals surface area (Å²) in [7, 11) is -3.67. The van der Waals surface area contributed by atoms with Crippen molar-refractivity contribution in [2.24, 2.45) is 0 Å². The average Bonchev–Trinajstić information content (AvgIpc) is 2.46. The van der Waals surface area contributed by atoms with Gasteiger partial charge in [-0.1, -0.05) is 70.1 Å². The number of hydrogen-bond donors (Lipinski definition) is 0. The zero-order valence-electron chi connectivity index (χ0n) is 14.2. The minimum absolute atomic E-state index is 0. The van der Waals surface area contributed by atoms with Gasteiger partial charge in [0.1, 0.15) is 0 Å². The van der Waals surface area contributed by atoms with E-state index in [0.717, 1.165) is 19.3 Å². The molecule has 0 aromatic heterocycles. The van der Waals surface area contributed by atoms with Gasteiger partial charge in [0.25, 0.3) is 10.1 Å². The number of hydrogen-bond acceptors (Lipinski definition) is 3. The van der Waals surface area contributed by atoms with Gasteiger partial charge in [-0.25, -0.2) is 0 Å². The Kier molecular flexibility index (Phi) is 11.7. The monoisotopic (exact) mass is 350 g/mol. The van der Waals surface area contributed by atoms with Crippen molar-refractivity contribution in [2.75, 3.05) is 0 Å². The zero-order valence-corrected chi connectivity index (χ0v) is 15.0. The van der Waals surface area contributed by atoms with Gasteiger partial charge in [-0.05, 0) is 32.4 Å². The van der Waals surface area contributed by atoms with Crippen LogP contribution in [0.3, 0.4) is 0 Å².